The molecule has 5 rings (SSSR count). The zero-order valence-corrected chi connectivity index (χ0v) is 32.8. The van der Waals surface area contributed by atoms with E-state index in [1.54, 1.807) is 0 Å². The van der Waals surface area contributed by atoms with Crippen molar-refractivity contribution in [3.8, 4) is 0 Å². The van der Waals surface area contributed by atoms with E-state index in [1.807, 2.05) is 60.7 Å². The molecule has 0 spiro atoms. The molecule has 13 heteroatoms. The summed E-state index contributed by atoms with van der Waals surface area (Å²) in [7, 11) is -6.08. The predicted octanol–water partition coefficient (Wildman–Crippen LogP) is 4.75. The van der Waals surface area contributed by atoms with Gasteiger partial charge in [0.1, 0.15) is 0 Å². The fourth-order valence-corrected chi connectivity index (χ4v) is 20.4. The van der Waals surface area contributed by atoms with E-state index in [1.165, 1.54) is 16.8 Å². The predicted molar refractivity (Wildman–Crippen MR) is 190 cm³/mol. The number of ether oxygens (including phenoxy) is 2. The normalized spacial score (nSPS) is 23.9. The second kappa shape index (κ2) is 14.8. The van der Waals surface area contributed by atoms with Crippen molar-refractivity contribution >= 4 is 42.3 Å². The SMILES string of the molecule is CC(C)[Si]1(C(C)C)OC[C@H]2O[C@@]([Se]c3ccccc3)(n3ccc(=O)n(COCc4ccccc4)c3=O)C(=O)[C@@H]2O[Si](C(C)C)(C(C)C)O1. The Labute approximate surface area is 291 Å². The Morgan fingerprint density at radius 2 is 1.42 bits per heavy atom. The van der Waals surface area contributed by atoms with Crippen molar-refractivity contribution in [2.75, 3.05) is 6.61 Å². The molecular formula is C35H48N2O8SeSi2. The van der Waals surface area contributed by atoms with E-state index in [9.17, 15) is 9.59 Å². The van der Waals surface area contributed by atoms with Gasteiger partial charge in [-0.3, -0.25) is 0 Å². The van der Waals surface area contributed by atoms with Crippen LogP contribution in [-0.2, 0) is 45.2 Å². The number of hydrogen-bond donors (Lipinski definition) is 0. The molecule has 2 aliphatic rings. The number of nitrogens with zero attached hydrogens (tertiary/aromatic N) is 2. The summed E-state index contributed by atoms with van der Waals surface area (Å²) in [5.41, 5.74) is -0.111. The van der Waals surface area contributed by atoms with Gasteiger partial charge in [0.15, 0.2) is 0 Å². The molecule has 1 aromatic heterocycles. The molecule has 2 saturated heterocycles. The molecular weight excluding hydrogens is 712 g/mol. The van der Waals surface area contributed by atoms with Gasteiger partial charge in [-0.05, 0) is 0 Å². The van der Waals surface area contributed by atoms with Crippen molar-refractivity contribution in [2.24, 2.45) is 0 Å². The molecule has 0 radical (unpaired) electrons. The molecule has 48 heavy (non-hydrogen) atoms. The fraction of sp³-hybridized carbons (Fsp3) is 0.514. The second-order valence-corrected chi connectivity index (χ2v) is 25.2. The molecule has 3 aromatic rings. The molecule has 0 aliphatic carbocycles. The number of aromatic nitrogens is 2. The third-order valence-electron chi connectivity index (χ3n) is 9.26. The first-order valence-corrected chi connectivity index (χ1v) is 22.4. The topological polar surface area (TPSA) is 107 Å². The quantitative estimate of drug-likeness (QED) is 0.258. The molecule has 260 valence electrons. The Bertz CT molecular complexity index is 1670. The Balaban J connectivity index is 1.62. The maximum absolute atomic E-state index is 15.1. The standard InChI is InChI=1S/C35H48N2O8SeSi2/c1-24(2)47(25(3)4)42-22-30-32(44-48(45-47,26(5)6)27(7)8)33(39)35(43-30,46-29-17-13-10-14-18-29)37-20-19-31(38)36(34(37)40)23-41-21-28-15-11-9-12-16-28/h9-20,24-27,30,32H,21-23H2,1-8H3/t30-,32-,35+/m1/s1. The van der Waals surface area contributed by atoms with Crippen molar-refractivity contribution < 1.29 is 27.2 Å². The summed E-state index contributed by atoms with van der Waals surface area (Å²) in [6, 6.07) is 20.3. The van der Waals surface area contributed by atoms with Crippen LogP contribution in [0.5, 0.6) is 0 Å². The van der Waals surface area contributed by atoms with Crippen molar-refractivity contribution in [1.82, 2.24) is 9.13 Å². The van der Waals surface area contributed by atoms with E-state index in [2.05, 4.69) is 55.4 Å². The number of rotatable bonds is 11. The van der Waals surface area contributed by atoms with Gasteiger partial charge in [-0.2, -0.15) is 0 Å². The first kappa shape index (κ1) is 36.8. The van der Waals surface area contributed by atoms with Crippen LogP contribution in [0.4, 0.5) is 0 Å². The van der Waals surface area contributed by atoms with Crippen molar-refractivity contribution in [2.45, 2.75) is 108 Å². The summed E-state index contributed by atoms with van der Waals surface area (Å²) in [5, 5.41) is 0. The number of carbonyl (C=O) groups is 1. The van der Waals surface area contributed by atoms with E-state index in [0.717, 1.165) is 14.6 Å². The van der Waals surface area contributed by atoms with Gasteiger partial charge in [-0.15, -0.1) is 0 Å². The Morgan fingerprint density at radius 1 is 0.833 bits per heavy atom. The van der Waals surface area contributed by atoms with Crippen LogP contribution in [0.15, 0.2) is 82.5 Å². The third-order valence-corrected chi connectivity index (χ3v) is 22.2. The summed E-state index contributed by atoms with van der Waals surface area (Å²) in [4.78, 5) is 42.4. The molecule has 2 aromatic carbocycles. The van der Waals surface area contributed by atoms with E-state index < -0.39 is 60.2 Å². The van der Waals surface area contributed by atoms with E-state index >= 15 is 4.79 Å². The van der Waals surface area contributed by atoms with Crippen LogP contribution in [0.3, 0.4) is 0 Å². The molecule has 0 bridgehead atoms. The molecule has 2 aliphatic heterocycles. The molecule has 10 nitrogen and oxygen atoms in total. The van der Waals surface area contributed by atoms with Gasteiger partial charge >= 0.3 is 292 Å². The Hall–Kier alpha value is -2.46. The molecule has 0 saturated carbocycles. The zero-order valence-electron chi connectivity index (χ0n) is 29.1. The molecule has 0 unspecified atom stereocenters. The van der Waals surface area contributed by atoms with Crippen LogP contribution < -0.4 is 15.7 Å². The van der Waals surface area contributed by atoms with Gasteiger partial charge in [0, 0.05) is 0 Å². The number of fused-ring (bicyclic) bond motifs is 1. The van der Waals surface area contributed by atoms with E-state index in [4.69, 9.17) is 22.4 Å². The minimum absolute atomic E-state index is 0.00181. The minimum atomic E-state index is -3.17. The van der Waals surface area contributed by atoms with E-state index in [-0.39, 0.29) is 47.9 Å². The molecule has 2 fully saturated rings. The monoisotopic (exact) mass is 760 g/mol. The zero-order chi connectivity index (χ0) is 34.9. The number of hydrogen-bond acceptors (Lipinski definition) is 8. The summed E-state index contributed by atoms with van der Waals surface area (Å²) >= 11 is -0.752. The molecule has 3 heterocycles. The van der Waals surface area contributed by atoms with Crippen LogP contribution in [0.25, 0.3) is 0 Å². The summed E-state index contributed by atoms with van der Waals surface area (Å²) in [6.45, 7) is 16.9. The van der Waals surface area contributed by atoms with Crippen LogP contribution in [0.2, 0.25) is 22.2 Å². The third kappa shape index (κ3) is 6.81. The van der Waals surface area contributed by atoms with E-state index in [0.29, 0.717) is 0 Å². The number of ketones is 1. The summed E-state index contributed by atoms with van der Waals surface area (Å²) in [5.74, 6) is -0.373. The number of Topliss-reactive ketones (excluding diaryl/α,β-unsaturated/α-hetero) is 1. The Morgan fingerprint density at radius 3 is 2.00 bits per heavy atom. The number of carbonyl (C=O) groups excluding carboxylic acids is 1. The van der Waals surface area contributed by atoms with Gasteiger partial charge in [0.2, 0.25) is 0 Å². The van der Waals surface area contributed by atoms with Crippen molar-refractivity contribution in [1.29, 1.82) is 0 Å². The second-order valence-electron chi connectivity index (χ2n) is 13.7. The fourth-order valence-electron chi connectivity index (χ4n) is 6.68. The van der Waals surface area contributed by atoms with Gasteiger partial charge in [-0.1, -0.05) is 0 Å². The molecule has 0 N–H and O–H groups in total. The Kier molecular flexibility index (Phi) is 11.4. The average molecular weight is 760 g/mol. The van der Waals surface area contributed by atoms with Crippen LogP contribution in [0, 0.1) is 0 Å². The van der Waals surface area contributed by atoms with Gasteiger partial charge in [0.25, 0.3) is 0 Å². The van der Waals surface area contributed by atoms with Crippen molar-refractivity contribution in [3.05, 3.63) is 99.3 Å². The summed E-state index contributed by atoms with van der Waals surface area (Å²) in [6.07, 6.45) is -0.448. The van der Waals surface area contributed by atoms with Gasteiger partial charge in [-0.25, -0.2) is 0 Å². The molecule has 3 atom stereocenters. The van der Waals surface area contributed by atoms with Gasteiger partial charge < -0.3 is 0 Å². The first-order valence-electron chi connectivity index (χ1n) is 16.7. The average Bonchev–Trinajstić information content (AvgIpc) is 3.28. The van der Waals surface area contributed by atoms with Crippen LogP contribution in [0.1, 0.15) is 61.0 Å². The number of benzene rings is 2. The summed E-state index contributed by atoms with van der Waals surface area (Å²) < 4.78 is 35.4. The maximum atomic E-state index is 15.1. The van der Waals surface area contributed by atoms with Crippen LogP contribution >= 0.6 is 0 Å². The van der Waals surface area contributed by atoms with Gasteiger partial charge in [0.05, 0.1) is 0 Å². The first-order chi connectivity index (χ1) is 22.8. The molecule has 0 amide bonds. The van der Waals surface area contributed by atoms with Crippen molar-refractivity contribution in [3.63, 3.8) is 0 Å². The van der Waals surface area contributed by atoms with Crippen LogP contribution in [-0.4, -0.2) is 65.8 Å².